The molecule has 1 N–H and O–H groups in total. The molecule has 0 radical (unpaired) electrons. The summed E-state index contributed by atoms with van der Waals surface area (Å²) in [5.41, 5.74) is 1.15. The molecule has 0 bridgehead atoms. The van der Waals surface area contributed by atoms with Crippen LogP contribution in [0.2, 0.25) is 0 Å². The molecule has 0 aromatic carbocycles. The summed E-state index contributed by atoms with van der Waals surface area (Å²) >= 11 is 0. The summed E-state index contributed by atoms with van der Waals surface area (Å²) in [5, 5.41) is 3.69. The van der Waals surface area contributed by atoms with Crippen molar-refractivity contribution < 1.29 is 0 Å². The van der Waals surface area contributed by atoms with Gasteiger partial charge in [0.15, 0.2) is 0 Å². The number of nitrogens with one attached hydrogen (secondary N) is 1. The van der Waals surface area contributed by atoms with E-state index in [0.29, 0.717) is 10.8 Å². The van der Waals surface area contributed by atoms with Crippen molar-refractivity contribution in [2.75, 3.05) is 32.7 Å². The predicted octanol–water partition coefficient (Wildman–Crippen LogP) is 3.28. The first kappa shape index (κ1) is 14.3. The van der Waals surface area contributed by atoms with Gasteiger partial charge in [-0.1, -0.05) is 33.6 Å². The van der Waals surface area contributed by atoms with Gasteiger partial charge in [0, 0.05) is 19.6 Å². The highest BCUT2D eigenvalue weighted by Gasteiger charge is 2.38. The minimum absolute atomic E-state index is 0.552. The van der Waals surface area contributed by atoms with Crippen LogP contribution in [0.4, 0.5) is 0 Å². The molecule has 0 aromatic heterocycles. The smallest absolute Gasteiger partial charge is 0.00504 e. The molecule has 2 heteroatoms. The Balaban J connectivity index is 1.86. The number of likely N-dealkylation sites (tertiary alicyclic amines) is 1. The molecule has 1 saturated carbocycles. The number of hydrogen-bond acceptors (Lipinski definition) is 2. The molecule has 0 unspecified atom stereocenters. The Labute approximate surface area is 114 Å². The maximum Gasteiger partial charge on any atom is 0.00504 e. The summed E-state index contributed by atoms with van der Waals surface area (Å²) in [4.78, 5) is 2.74. The normalized spacial score (nSPS) is 26.8. The minimum Gasteiger partial charge on any atom is -0.316 e. The maximum atomic E-state index is 3.69. The maximum absolute atomic E-state index is 3.69. The second kappa shape index (κ2) is 5.92. The van der Waals surface area contributed by atoms with Crippen LogP contribution in [0.25, 0.3) is 0 Å². The van der Waals surface area contributed by atoms with Gasteiger partial charge in [0.2, 0.25) is 0 Å². The topological polar surface area (TPSA) is 15.3 Å². The summed E-state index contributed by atoms with van der Waals surface area (Å²) in [6.45, 7) is 13.5. The molecule has 1 saturated heterocycles. The van der Waals surface area contributed by atoms with Gasteiger partial charge in [0.05, 0.1) is 0 Å². The highest BCUT2D eigenvalue weighted by atomic mass is 15.2. The molecule has 0 spiro atoms. The molecule has 2 aliphatic rings. The summed E-state index contributed by atoms with van der Waals surface area (Å²) in [5.74, 6) is 0. The molecule has 18 heavy (non-hydrogen) atoms. The van der Waals surface area contributed by atoms with Gasteiger partial charge in [-0.2, -0.15) is 0 Å². The van der Waals surface area contributed by atoms with E-state index in [-0.39, 0.29) is 0 Å². The molecule has 0 aromatic rings. The van der Waals surface area contributed by atoms with Crippen LogP contribution >= 0.6 is 0 Å². The molecule has 1 aliphatic heterocycles. The fourth-order valence-corrected chi connectivity index (χ4v) is 3.88. The summed E-state index contributed by atoms with van der Waals surface area (Å²) < 4.78 is 0. The van der Waals surface area contributed by atoms with Crippen molar-refractivity contribution in [3.63, 3.8) is 0 Å². The van der Waals surface area contributed by atoms with E-state index in [1.807, 2.05) is 0 Å². The third-order valence-electron chi connectivity index (χ3n) is 4.91. The first-order chi connectivity index (χ1) is 8.55. The molecule has 2 rings (SSSR count). The number of rotatable bonds is 6. The van der Waals surface area contributed by atoms with E-state index in [1.54, 1.807) is 0 Å². The lowest BCUT2D eigenvalue weighted by atomic mass is 9.85. The van der Waals surface area contributed by atoms with Gasteiger partial charge in [-0.05, 0) is 49.6 Å². The van der Waals surface area contributed by atoms with Crippen LogP contribution in [0.1, 0.15) is 59.3 Å². The van der Waals surface area contributed by atoms with Crippen molar-refractivity contribution in [2.45, 2.75) is 59.3 Å². The number of nitrogens with zero attached hydrogens (tertiary/aromatic N) is 1. The van der Waals surface area contributed by atoms with E-state index in [1.165, 1.54) is 71.2 Å². The lowest BCUT2D eigenvalue weighted by Crippen LogP contribution is -2.42. The van der Waals surface area contributed by atoms with Crippen LogP contribution in [0.3, 0.4) is 0 Å². The molecular formula is C16H32N2. The third-order valence-corrected chi connectivity index (χ3v) is 4.91. The Bertz CT molecular complexity index is 254. The van der Waals surface area contributed by atoms with Gasteiger partial charge in [0.25, 0.3) is 0 Å². The van der Waals surface area contributed by atoms with Gasteiger partial charge < -0.3 is 10.2 Å². The average Bonchev–Trinajstić information content (AvgIpc) is 2.87. The van der Waals surface area contributed by atoms with Crippen molar-refractivity contribution in [2.24, 2.45) is 10.8 Å². The Kier molecular flexibility index (Phi) is 4.71. The van der Waals surface area contributed by atoms with Crippen LogP contribution in [-0.4, -0.2) is 37.6 Å². The van der Waals surface area contributed by atoms with Gasteiger partial charge in [0.1, 0.15) is 0 Å². The lowest BCUT2D eigenvalue weighted by molar-refractivity contribution is 0.161. The van der Waals surface area contributed by atoms with Crippen molar-refractivity contribution >= 4 is 0 Å². The van der Waals surface area contributed by atoms with Gasteiger partial charge in [-0.25, -0.2) is 0 Å². The fourth-order valence-electron chi connectivity index (χ4n) is 3.88. The monoisotopic (exact) mass is 252 g/mol. The Morgan fingerprint density at radius 1 is 1.11 bits per heavy atom. The Morgan fingerprint density at radius 3 is 2.39 bits per heavy atom. The average molecular weight is 252 g/mol. The zero-order valence-corrected chi connectivity index (χ0v) is 12.7. The van der Waals surface area contributed by atoms with E-state index in [9.17, 15) is 0 Å². The van der Waals surface area contributed by atoms with Crippen LogP contribution in [0, 0.1) is 10.8 Å². The van der Waals surface area contributed by atoms with Crippen LogP contribution in [0.15, 0.2) is 0 Å². The van der Waals surface area contributed by atoms with Gasteiger partial charge >= 0.3 is 0 Å². The molecule has 1 aliphatic carbocycles. The van der Waals surface area contributed by atoms with Gasteiger partial charge in [-0.3, -0.25) is 0 Å². The summed E-state index contributed by atoms with van der Waals surface area (Å²) in [6, 6.07) is 0. The van der Waals surface area contributed by atoms with Crippen LogP contribution < -0.4 is 5.32 Å². The molecule has 106 valence electrons. The molecular weight excluding hydrogens is 220 g/mol. The first-order valence-electron chi connectivity index (χ1n) is 7.98. The highest BCUT2D eigenvalue weighted by molar-refractivity contribution is 4.92. The zero-order valence-electron chi connectivity index (χ0n) is 12.7. The molecule has 2 fully saturated rings. The number of hydrogen-bond donors (Lipinski definition) is 1. The molecule has 0 atom stereocenters. The quantitative estimate of drug-likeness (QED) is 0.730. The highest BCUT2D eigenvalue weighted by Crippen LogP contribution is 2.40. The van der Waals surface area contributed by atoms with Crippen LogP contribution in [0.5, 0.6) is 0 Å². The second-order valence-electron chi connectivity index (χ2n) is 7.51. The van der Waals surface area contributed by atoms with Crippen molar-refractivity contribution in [1.29, 1.82) is 0 Å². The second-order valence-corrected chi connectivity index (χ2v) is 7.51. The first-order valence-corrected chi connectivity index (χ1v) is 7.98. The molecule has 2 nitrogen and oxygen atoms in total. The van der Waals surface area contributed by atoms with Crippen molar-refractivity contribution in [1.82, 2.24) is 10.2 Å². The van der Waals surface area contributed by atoms with Crippen LogP contribution in [-0.2, 0) is 0 Å². The minimum atomic E-state index is 0.552. The Hall–Kier alpha value is -0.0800. The SMILES string of the molecule is CCCNCC1(CN2CCC(C)(C)C2)CCCC1. The lowest BCUT2D eigenvalue weighted by Gasteiger charge is -2.34. The van der Waals surface area contributed by atoms with E-state index < -0.39 is 0 Å². The van der Waals surface area contributed by atoms with E-state index in [4.69, 9.17) is 0 Å². The standard InChI is InChI=1S/C16H32N2/c1-4-10-17-12-16(7-5-6-8-16)14-18-11-9-15(2,3)13-18/h17H,4-14H2,1-3H3. The summed E-state index contributed by atoms with van der Waals surface area (Å²) in [6.07, 6.45) is 8.43. The Morgan fingerprint density at radius 2 is 1.83 bits per heavy atom. The van der Waals surface area contributed by atoms with E-state index >= 15 is 0 Å². The largest absolute Gasteiger partial charge is 0.316 e. The van der Waals surface area contributed by atoms with E-state index in [0.717, 1.165) is 0 Å². The summed E-state index contributed by atoms with van der Waals surface area (Å²) in [7, 11) is 0. The van der Waals surface area contributed by atoms with Crippen molar-refractivity contribution in [3.8, 4) is 0 Å². The molecule has 1 heterocycles. The zero-order chi connectivity index (χ0) is 13.1. The third kappa shape index (κ3) is 3.71. The van der Waals surface area contributed by atoms with Crippen molar-refractivity contribution in [3.05, 3.63) is 0 Å². The predicted molar refractivity (Wildman–Crippen MR) is 78.9 cm³/mol. The fraction of sp³-hybridized carbons (Fsp3) is 1.00. The van der Waals surface area contributed by atoms with E-state index in [2.05, 4.69) is 31.0 Å². The molecule has 0 amide bonds. The van der Waals surface area contributed by atoms with Gasteiger partial charge in [-0.15, -0.1) is 0 Å².